The molecular weight excluding hydrogens is 262 g/mol. The van der Waals surface area contributed by atoms with Crippen molar-refractivity contribution in [3.05, 3.63) is 53.6 Å². The maximum Gasteiger partial charge on any atom is 0.253 e. The zero-order valence-electron chi connectivity index (χ0n) is 9.87. The molecule has 0 N–H and O–H groups in total. The van der Waals surface area contributed by atoms with Crippen LogP contribution in [0.5, 0.6) is 0 Å². The molecule has 0 unspecified atom stereocenters. The van der Waals surface area contributed by atoms with E-state index < -0.39 is 29.2 Å². The van der Waals surface area contributed by atoms with E-state index in [1.807, 2.05) is 0 Å². The van der Waals surface area contributed by atoms with Crippen molar-refractivity contribution in [2.75, 3.05) is 11.9 Å². The Morgan fingerprint density at radius 1 is 1.00 bits per heavy atom. The van der Waals surface area contributed by atoms with Gasteiger partial charge in [0.1, 0.15) is 5.69 Å². The summed E-state index contributed by atoms with van der Waals surface area (Å²) in [5, 5.41) is 0. The van der Waals surface area contributed by atoms with E-state index in [9.17, 15) is 17.6 Å². The van der Waals surface area contributed by atoms with Crippen molar-refractivity contribution in [2.45, 2.75) is 6.54 Å². The van der Waals surface area contributed by atoms with Gasteiger partial charge in [-0.25, -0.2) is 0 Å². The number of hydrogen-bond donors (Lipinski definition) is 0. The average molecular weight is 271 g/mol. The van der Waals surface area contributed by atoms with E-state index in [1.54, 1.807) is 12.1 Å². The first kappa shape index (κ1) is 13.3. The number of halogens is 4. The predicted molar refractivity (Wildman–Crippen MR) is 60.4 cm³/mol. The van der Waals surface area contributed by atoms with Crippen LogP contribution in [0.4, 0.5) is 23.2 Å². The molecule has 0 aliphatic rings. The minimum absolute atomic E-state index is 0.0687. The van der Waals surface area contributed by atoms with Gasteiger partial charge in [0.25, 0.3) is 11.9 Å². The Balaban J connectivity index is 2.36. The molecule has 100 valence electrons. The molecule has 0 saturated carbocycles. The van der Waals surface area contributed by atoms with E-state index in [2.05, 4.69) is 9.97 Å². The van der Waals surface area contributed by atoms with Crippen molar-refractivity contribution in [1.29, 1.82) is 0 Å². The molecule has 2 aromatic rings. The lowest BCUT2D eigenvalue weighted by Gasteiger charge is -2.20. The number of aromatic nitrogens is 2. The smallest absolute Gasteiger partial charge is 0.253 e. The van der Waals surface area contributed by atoms with Gasteiger partial charge in [-0.3, -0.25) is 4.98 Å². The van der Waals surface area contributed by atoms with Crippen LogP contribution >= 0.6 is 0 Å². The summed E-state index contributed by atoms with van der Waals surface area (Å²) in [4.78, 5) is 7.36. The molecule has 19 heavy (non-hydrogen) atoms. The van der Waals surface area contributed by atoms with Gasteiger partial charge in [-0.05, 0) is 17.7 Å². The second kappa shape index (κ2) is 5.21. The second-order valence-electron chi connectivity index (χ2n) is 3.88. The fraction of sp³-hybridized carbons (Fsp3) is 0.167. The highest BCUT2D eigenvalue weighted by atomic mass is 19.2. The van der Waals surface area contributed by atoms with Crippen LogP contribution in [0, 0.1) is 23.5 Å². The number of pyridine rings is 2. The van der Waals surface area contributed by atoms with Crippen molar-refractivity contribution < 1.29 is 17.6 Å². The highest BCUT2D eigenvalue weighted by Crippen LogP contribution is 2.26. The fourth-order valence-corrected chi connectivity index (χ4v) is 1.65. The lowest BCUT2D eigenvalue weighted by atomic mass is 10.2. The molecule has 2 heterocycles. The monoisotopic (exact) mass is 271 g/mol. The third kappa shape index (κ3) is 2.64. The zero-order valence-corrected chi connectivity index (χ0v) is 9.87. The summed E-state index contributed by atoms with van der Waals surface area (Å²) >= 11 is 0. The molecule has 3 nitrogen and oxygen atoms in total. The maximum atomic E-state index is 13.5. The van der Waals surface area contributed by atoms with E-state index in [4.69, 9.17) is 0 Å². The van der Waals surface area contributed by atoms with Gasteiger partial charge in [0.05, 0.1) is 0 Å². The van der Waals surface area contributed by atoms with Crippen molar-refractivity contribution in [1.82, 2.24) is 9.97 Å². The standard InChI is InChI=1S/C12H9F4N3/c1-19(6-7-2-4-17-5-3-7)10-8(13)11(15)18-12(16)9(10)14/h2-5H,6H2,1H3. The van der Waals surface area contributed by atoms with E-state index in [1.165, 1.54) is 19.4 Å². The largest absolute Gasteiger partial charge is 0.365 e. The molecular formula is C12H9F4N3. The van der Waals surface area contributed by atoms with E-state index in [0.717, 1.165) is 4.90 Å². The summed E-state index contributed by atoms with van der Waals surface area (Å²) < 4.78 is 53.0. The molecule has 7 heteroatoms. The van der Waals surface area contributed by atoms with Gasteiger partial charge in [-0.15, -0.1) is 0 Å². The van der Waals surface area contributed by atoms with Crippen LogP contribution < -0.4 is 4.90 Å². The summed E-state index contributed by atoms with van der Waals surface area (Å²) in [5.41, 5.74) is -0.101. The minimum atomic E-state index is -1.67. The van der Waals surface area contributed by atoms with Crippen LogP contribution in [0.1, 0.15) is 5.56 Å². The fourth-order valence-electron chi connectivity index (χ4n) is 1.65. The molecule has 0 aromatic carbocycles. The van der Waals surface area contributed by atoms with Gasteiger partial charge in [0.2, 0.25) is 11.6 Å². The zero-order chi connectivity index (χ0) is 14.0. The van der Waals surface area contributed by atoms with Gasteiger partial charge in [-0.2, -0.15) is 22.5 Å². The van der Waals surface area contributed by atoms with Crippen LogP contribution in [0.2, 0.25) is 0 Å². The van der Waals surface area contributed by atoms with Crippen molar-refractivity contribution >= 4 is 5.69 Å². The number of rotatable bonds is 3. The average Bonchev–Trinajstić information content (AvgIpc) is 2.38. The van der Waals surface area contributed by atoms with Crippen LogP contribution in [-0.2, 0) is 6.54 Å². The predicted octanol–water partition coefficient (Wildman–Crippen LogP) is 2.67. The Morgan fingerprint density at radius 3 is 2.05 bits per heavy atom. The molecule has 0 bridgehead atoms. The Hall–Kier alpha value is -2.18. The lowest BCUT2D eigenvalue weighted by molar-refractivity contribution is 0.407. The lowest BCUT2D eigenvalue weighted by Crippen LogP contribution is -2.21. The van der Waals surface area contributed by atoms with E-state index in [0.29, 0.717) is 5.56 Å². The normalized spacial score (nSPS) is 10.6. The molecule has 0 amide bonds. The summed E-state index contributed by atoms with van der Waals surface area (Å²) in [6.07, 6.45) is 3.01. The molecule has 2 rings (SSSR count). The van der Waals surface area contributed by atoms with Gasteiger partial charge >= 0.3 is 0 Å². The first-order valence-corrected chi connectivity index (χ1v) is 5.30. The molecule has 0 radical (unpaired) electrons. The Kier molecular flexibility index (Phi) is 3.64. The van der Waals surface area contributed by atoms with Gasteiger partial charge in [0, 0.05) is 26.0 Å². The van der Waals surface area contributed by atoms with Gasteiger partial charge in [0.15, 0.2) is 0 Å². The Labute approximate surface area is 106 Å². The van der Waals surface area contributed by atoms with Gasteiger partial charge in [-0.1, -0.05) is 0 Å². The third-order valence-corrected chi connectivity index (χ3v) is 2.53. The van der Waals surface area contributed by atoms with Crippen LogP contribution in [-0.4, -0.2) is 17.0 Å². The molecule has 0 spiro atoms. The minimum Gasteiger partial charge on any atom is -0.365 e. The van der Waals surface area contributed by atoms with Crippen molar-refractivity contribution in [2.24, 2.45) is 0 Å². The van der Waals surface area contributed by atoms with E-state index >= 15 is 0 Å². The summed E-state index contributed by atoms with van der Waals surface area (Å²) in [6.45, 7) is 0.0687. The number of anilines is 1. The molecule has 0 saturated heterocycles. The van der Waals surface area contributed by atoms with E-state index in [-0.39, 0.29) is 6.54 Å². The second-order valence-corrected chi connectivity index (χ2v) is 3.88. The molecule has 0 aliphatic heterocycles. The Morgan fingerprint density at radius 2 is 1.53 bits per heavy atom. The number of hydrogen-bond acceptors (Lipinski definition) is 3. The summed E-state index contributed by atoms with van der Waals surface area (Å²) in [6, 6.07) is 3.25. The van der Waals surface area contributed by atoms with Crippen LogP contribution in [0.25, 0.3) is 0 Å². The highest BCUT2D eigenvalue weighted by Gasteiger charge is 2.23. The van der Waals surface area contributed by atoms with Crippen molar-refractivity contribution in [3.63, 3.8) is 0 Å². The van der Waals surface area contributed by atoms with Crippen LogP contribution in [0.15, 0.2) is 24.5 Å². The maximum absolute atomic E-state index is 13.5. The molecule has 0 aliphatic carbocycles. The SMILES string of the molecule is CN(Cc1ccncc1)c1c(F)c(F)nc(F)c1F. The highest BCUT2D eigenvalue weighted by molar-refractivity contribution is 5.48. The van der Waals surface area contributed by atoms with Crippen molar-refractivity contribution in [3.8, 4) is 0 Å². The number of nitrogens with zero attached hydrogens (tertiary/aromatic N) is 3. The Bertz CT molecular complexity index is 563. The topological polar surface area (TPSA) is 29.0 Å². The summed E-state index contributed by atoms with van der Waals surface area (Å²) in [5.74, 6) is -6.38. The molecule has 0 atom stereocenters. The summed E-state index contributed by atoms with van der Waals surface area (Å²) in [7, 11) is 1.32. The van der Waals surface area contributed by atoms with Crippen LogP contribution in [0.3, 0.4) is 0 Å². The van der Waals surface area contributed by atoms with Gasteiger partial charge < -0.3 is 4.90 Å². The quantitative estimate of drug-likeness (QED) is 0.635. The first-order valence-electron chi connectivity index (χ1n) is 5.30. The first-order chi connectivity index (χ1) is 9.00. The molecule has 2 aromatic heterocycles. The third-order valence-electron chi connectivity index (χ3n) is 2.53. The molecule has 0 fully saturated rings.